The van der Waals surface area contributed by atoms with Gasteiger partial charge in [0.15, 0.2) is 0 Å². The highest BCUT2D eigenvalue weighted by atomic mass is 35.5. The lowest BCUT2D eigenvalue weighted by Crippen LogP contribution is -2.32. The summed E-state index contributed by atoms with van der Waals surface area (Å²) in [5, 5.41) is 11.8. The Balaban J connectivity index is 1.53. The first-order valence-electron chi connectivity index (χ1n) is 9.29. The number of benzene rings is 1. The van der Waals surface area contributed by atoms with E-state index < -0.39 is 0 Å². The minimum absolute atomic E-state index is 0.0664. The minimum atomic E-state index is -0.373. The topological polar surface area (TPSA) is 100 Å². The van der Waals surface area contributed by atoms with E-state index in [4.69, 9.17) is 20.4 Å². The van der Waals surface area contributed by atoms with Crippen LogP contribution in [0.3, 0.4) is 0 Å². The van der Waals surface area contributed by atoms with Crippen LogP contribution in [-0.4, -0.2) is 36.1 Å². The van der Waals surface area contributed by atoms with Crippen LogP contribution in [0.1, 0.15) is 34.3 Å². The van der Waals surface area contributed by atoms with Gasteiger partial charge in [-0.2, -0.15) is 5.10 Å². The summed E-state index contributed by atoms with van der Waals surface area (Å²) < 4.78 is 10.9. The van der Waals surface area contributed by atoms with Crippen molar-refractivity contribution in [2.24, 2.45) is 5.10 Å². The summed E-state index contributed by atoms with van der Waals surface area (Å²) in [4.78, 5) is 24.8. The van der Waals surface area contributed by atoms with Crippen LogP contribution < -0.4 is 10.6 Å². The zero-order valence-corrected chi connectivity index (χ0v) is 16.8. The number of halogens is 1. The first kappa shape index (κ1) is 19.8. The molecule has 2 N–H and O–H groups in total. The molecule has 154 valence electrons. The maximum atomic E-state index is 13.0. The molecule has 1 aromatic carbocycles. The Kier molecular flexibility index (Phi) is 5.58. The fourth-order valence-corrected chi connectivity index (χ4v) is 3.42. The van der Waals surface area contributed by atoms with Crippen LogP contribution in [0.4, 0.5) is 5.69 Å². The van der Waals surface area contributed by atoms with Crippen molar-refractivity contribution in [3.63, 3.8) is 0 Å². The van der Waals surface area contributed by atoms with E-state index in [9.17, 15) is 9.59 Å². The van der Waals surface area contributed by atoms with Gasteiger partial charge in [-0.3, -0.25) is 9.59 Å². The van der Waals surface area contributed by atoms with Gasteiger partial charge in [0, 0.05) is 19.0 Å². The highest BCUT2D eigenvalue weighted by molar-refractivity contribution is 6.33. The lowest BCUT2D eigenvalue weighted by molar-refractivity contribution is -0.131. The number of rotatable bonds is 6. The van der Waals surface area contributed by atoms with Crippen molar-refractivity contribution in [1.82, 2.24) is 10.3 Å². The number of nitrogens with zero attached hydrogens (tertiary/aromatic N) is 2. The number of anilines is 1. The van der Waals surface area contributed by atoms with Crippen molar-refractivity contribution in [2.45, 2.75) is 12.5 Å². The van der Waals surface area contributed by atoms with Gasteiger partial charge in [-0.05, 0) is 42.5 Å². The van der Waals surface area contributed by atoms with Crippen molar-refractivity contribution < 1.29 is 18.4 Å². The molecule has 1 aliphatic rings. The van der Waals surface area contributed by atoms with E-state index in [1.165, 1.54) is 5.01 Å². The predicted octanol–water partition coefficient (Wildman–Crippen LogP) is 3.68. The molecular weight excluding hydrogens is 408 g/mol. The van der Waals surface area contributed by atoms with Crippen LogP contribution in [-0.2, 0) is 4.79 Å². The molecule has 2 aromatic heterocycles. The Bertz CT molecular complexity index is 1080. The Morgan fingerprint density at radius 1 is 1.20 bits per heavy atom. The molecule has 0 fully saturated rings. The number of hydrogen-bond donors (Lipinski definition) is 2. The molecule has 4 rings (SSSR count). The highest BCUT2D eigenvalue weighted by Gasteiger charge is 2.35. The molecule has 3 heterocycles. The second-order valence-corrected chi connectivity index (χ2v) is 7.03. The van der Waals surface area contributed by atoms with Crippen molar-refractivity contribution >= 4 is 34.8 Å². The van der Waals surface area contributed by atoms with Gasteiger partial charge in [0.1, 0.15) is 23.3 Å². The van der Waals surface area contributed by atoms with Crippen molar-refractivity contribution in [1.29, 1.82) is 0 Å². The van der Waals surface area contributed by atoms with Crippen molar-refractivity contribution in [3.05, 3.63) is 77.1 Å². The number of amides is 2. The molecule has 1 unspecified atom stereocenters. The van der Waals surface area contributed by atoms with Gasteiger partial charge in [-0.1, -0.05) is 11.6 Å². The molecule has 1 aliphatic heterocycles. The van der Waals surface area contributed by atoms with Crippen LogP contribution in [0.2, 0.25) is 5.02 Å². The van der Waals surface area contributed by atoms with Crippen LogP contribution in [0.25, 0.3) is 0 Å². The summed E-state index contributed by atoms with van der Waals surface area (Å²) in [6.45, 7) is -0.0664. The average molecular weight is 427 g/mol. The zero-order chi connectivity index (χ0) is 21.1. The van der Waals surface area contributed by atoms with E-state index in [0.29, 0.717) is 39.9 Å². The summed E-state index contributed by atoms with van der Waals surface area (Å²) in [5.41, 5.74) is 1.58. The standard InChI is InChI=1S/C21H19ClN4O4/c1-23-21(28)13-6-7-14(22)15(10-13)24-12-20(27)26-17(19-5-3-9-30-19)11-16(25-26)18-4-2-8-29-18/h2-10,17,24H,11-12H2,1H3,(H,23,28). The van der Waals surface area contributed by atoms with Gasteiger partial charge in [0.25, 0.3) is 11.8 Å². The molecule has 8 nitrogen and oxygen atoms in total. The fraction of sp³-hybridized carbons (Fsp3) is 0.190. The van der Waals surface area contributed by atoms with Gasteiger partial charge in [-0.25, -0.2) is 5.01 Å². The third-order valence-corrected chi connectivity index (χ3v) is 5.06. The molecule has 30 heavy (non-hydrogen) atoms. The number of furan rings is 2. The Morgan fingerprint density at radius 3 is 2.70 bits per heavy atom. The molecule has 0 aliphatic carbocycles. The zero-order valence-electron chi connectivity index (χ0n) is 16.1. The van der Waals surface area contributed by atoms with Gasteiger partial charge in [0.05, 0.1) is 29.8 Å². The van der Waals surface area contributed by atoms with Gasteiger partial charge < -0.3 is 19.5 Å². The number of hydrazone groups is 1. The molecule has 9 heteroatoms. The van der Waals surface area contributed by atoms with Crippen molar-refractivity contribution in [3.8, 4) is 0 Å². The van der Waals surface area contributed by atoms with E-state index in [2.05, 4.69) is 15.7 Å². The highest BCUT2D eigenvalue weighted by Crippen LogP contribution is 2.33. The maximum Gasteiger partial charge on any atom is 0.262 e. The van der Waals surface area contributed by atoms with E-state index in [-0.39, 0.29) is 24.4 Å². The normalized spacial score (nSPS) is 15.7. The SMILES string of the molecule is CNC(=O)c1ccc(Cl)c(NCC(=O)N2N=C(c3ccco3)CC2c2ccco2)c1. The van der Waals surface area contributed by atoms with Gasteiger partial charge in [-0.15, -0.1) is 0 Å². The third-order valence-electron chi connectivity index (χ3n) is 4.73. The molecule has 1 atom stereocenters. The van der Waals surface area contributed by atoms with Crippen LogP contribution >= 0.6 is 11.6 Å². The van der Waals surface area contributed by atoms with E-state index in [0.717, 1.165) is 0 Å². The Hall–Kier alpha value is -3.52. The summed E-state index contributed by atoms with van der Waals surface area (Å²) >= 11 is 6.21. The molecular formula is C21H19ClN4O4. The van der Waals surface area contributed by atoms with E-state index in [1.54, 1.807) is 56.0 Å². The smallest absolute Gasteiger partial charge is 0.262 e. The quantitative estimate of drug-likeness (QED) is 0.626. The second-order valence-electron chi connectivity index (χ2n) is 6.62. The monoisotopic (exact) mass is 426 g/mol. The largest absolute Gasteiger partial charge is 0.467 e. The third kappa shape index (κ3) is 3.95. The maximum absolute atomic E-state index is 13.0. The summed E-state index contributed by atoms with van der Waals surface area (Å²) in [6.07, 6.45) is 3.60. The predicted molar refractivity (Wildman–Crippen MR) is 111 cm³/mol. The van der Waals surface area contributed by atoms with Crippen LogP contribution in [0.5, 0.6) is 0 Å². The van der Waals surface area contributed by atoms with E-state index in [1.807, 2.05) is 6.07 Å². The van der Waals surface area contributed by atoms with Crippen LogP contribution in [0.15, 0.2) is 68.9 Å². The Morgan fingerprint density at radius 2 is 2.00 bits per heavy atom. The van der Waals surface area contributed by atoms with Gasteiger partial charge >= 0.3 is 0 Å². The molecule has 0 spiro atoms. The fourth-order valence-electron chi connectivity index (χ4n) is 3.23. The summed E-state index contributed by atoms with van der Waals surface area (Å²) in [6, 6.07) is 11.6. The van der Waals surface area contributed by atoms with Crippen molar-refractivity contribution in [2.75, 3.05) is 18.9 Å². The van der Waals surface area contributed by atoms with Crippen LogP contribution in [0, 0.1) is 0 Å². The molecule has 0 saturated carbocycles. The Labute approximate surface area is 177 Å². The summed E-state index contributed by atoms with van der Waals surface area (Å²) in [7, 11) is 1.55. The second kappa shape index (κ2) is 8.46. The lowest BCUT2D eigenvalue weighted by atomic mass is 10.1. The minimum Gasteiger partial charge on any atom is -0.467 e. The first-order chi connectivity index (χ1) is 14.6. The lowest BCUT2D eigenvalue weighted by Gasteiger charge is -2.20. The van der Waals surface area contributed by atoms with Gasteiger partial charge in [0.2, 0.25) is 0 Å². The molecule has 0 radical (unpaired) electrons. The summed E-state index contributed by atoms with van der Waals surface area (Å²) in [5.74, 6) is 0.718. The number of nitrogens with one attached hydrogen (secondary N) is 2. The van der Waals surface area contributed by atoms with E-state index >= 15 is 0 Å². The average Bonchev–Trinajstić information content (AvgIpc) is 3.52. The number of hydrogen-bond acceptors (Lipinski definition) is 6. The first-order valence-corrected chi connectivity index (χ1v) is 9.67. The molecule has 0 saturated heterocycles. The molecule has 0 bridgehead atoms. The number of carbonyl (C=O) groups is 2. The molecule has 3 aromatic rings. The molecule has 2 amide bonds. The number of carbonyl (C=O) groups excluding carboxylic acids is 2.